The molecule has 2 aromatic rings. The fraction of sp³-hybridized carbons (Fsp3) is 0.278. The summed E-state index contributed by atoms with van der Waals surface area (Å²) >= 11 is 3.12. The van der Waals surface area contributed by atoms with Crippen LogP contribution in [0.1, 0.15) is 29.3 Å². The Morgan fingerprint density at radius 3 is 2.79 bits per heavy atom. The number of nitrogens with zero attached hydrogens (tertiary/aromatic N) is 3. The van der Waals surface area contributed by atoms with Gasteiger partial charge in [0.05, 0.1) is 18.0 Å². The molecule has 1 aliphatic rings. The Morgan fingerprint density at radius 1 is 1.25 bits per heavy atom. The summed E-state index contributed by atoms with van der Waals surface area (Å²) in [6, 6.07) is 12.1. The minimum atomic E-state index is -0.0651. The van der Waals surface area contributed by atoms with E-state index in [9.17, 15) is 4.79 Å². The number of amides is 1. The van der Waals surface area contributed by atoms with Crippen LogP contribution < -0.4 is 0 Å². The Labute approximate surface area is 150 Å². The van der Waals surface area contributed by atoms with Crippen molar-refractivity contribution in [1.82, 2.24) is 4.90 Å². The molecule has 124 valence electrons. The first-order valence-electron chi connectivity index (χ1n) is 7.86. The molecule has 0 saturated carbocycles. The van der Waals surface area contributed by atoms with Crippen molar-refractivity contribution in [3.63, 3.8) is 0 Å². The van der Waals surface area contributed by atoms with Crippen LogP contribution >= 0.6 is 23.1 Å². The lowest BCUT2D eigenvalue weighted by molar-refractivity contribution is -0.126. The van der Waals surface area contributed by atoms with Crippen LogP contribution in [0.3, 0.4) is 0 Å². The number of thiophene rings is 1. The minimum Gasteiger partial charge on any atom is -0.284 e. The second-order valence-electron chi connectivity index (χ2n) is 5.51. The van der Waals surface area contributed by atoms with E-state index in [1.165, 1.54) is 17.3 Å². The van der Waals surface area contributed by atoms with Gasteiger partial charge in [0.2, 0.25) is 5.91 Å². The Balaban J connectivity index is 1.82. The molecule has 24 heavy (non-hydrogen) atoms. The van der Waals surface area contributed by atoms with Gasteiger partial charge in [-0.15, -0.1) is 16.4 Å². The summed E-state index contributed by atoms with van der Waals surface area (Å²) in [5.74, 6) is 0.121. The number of hydrogen-bond acceptors (Lipinski definition) is 5. The number of hydrogen-bond donors (Lipinski definition) is 0. The Bertz CT molecular complexity index is 768. The molecule has 0 radical (unpaired) electrons. The lowest BCUT2D eigenvalue weighted by Gasteiger charge is -2.17. The first-order chi connectivity index (χ1) is 11.7. The van der Waals surface area contributed by atoms with Crippen LogP contribution in [-0.2, 0) is 11.3 Å². The van der Waals surface area contributed by atoms with Gasteiger partial charge in [-0.05, 0) is 35.9 Å². The molecule has 1 saturated heterocycles. The maximum atomic E-state index is 12.6. The maximum absolute atomic E-state index is 12.6. The molecule has 0 bridgehead atoms. The van der Waals surface area contributed by atoms with E-state index in [0.717, 1.165) is 16.9 Å². The predicted octanol–water partition coefficient (Wildman–Crippen LogP) is 4.30. The number of carbonyl (C=O) groups is 1. The van der Waals surface area contributed by atoms with Crippen molar-refractivity contribution in [2.24, 2.45) is 10.2 Å². The van der Waals surface area contributed by atoms with Gasteiger partial charge in [-0.3, -0.25) is 9.69 Å². The highest BCUT2D eigenvalue weighted by Crippen LogP contribution is 2.31. The summed E-state index contributed by atoms with van der Waals surface area (Å²) in [5.41, 5.74) is 2.31. The van der Waals surface area contributed by atoms with Crippen LogP contribution in [0.2, 0.25) is 0 Å². The van der Waals surface area contributed by atoms with Gasteiger partial charge in [0, 0.05) is 4.88 Å². The van der Waals surface area contributed by atoms with Crippen LogP contribution in [0.4, 0.5) is 0 Å². The Morgan fingerprint density at radius 2 is 2.08 bits per heavy atom. The molecule has 1 atom stereocenters. The molecule has 1 amide bonds. The van der Waals surface area contributed by atoms with Gasteiger partial charge in [0.1, 0.15) is 0 Å². The van der Waals surface area contributed by atoms with Crippen molar-refractivity contribution in [3.8, 4) is 0 Å². The average Bonchev–Trinajstić information content (AvgIpc) is 3.19. The minimum absolute atomic E-state index is 0.0651. The molecular weight excluding hydrogens is 338 g/mol. The summed E-state index contributed by atoms with van der Waals surface area (Å²) in [7, 11) is 0. The third-order valence-corrected chi connectivity index (χ3v) is 5.99. The largest absolute Gasteiger partial charge is 0.284 e. The molecule has 1 aliphatic heterocycles. The van der Waals surface area contributed by atoms with E-state index >= 15 is 0 Å². The summed E-state index contributed by atoms with van der Waals surface area (Å²) in [6.45, 7) is 4.63. The van der Waals surface area contributed by atoms with Crippen molar-refractivity contribution >= 4 is 40.4 Å². The van der Waals surface area contributed by atoms with Gasteiger partial charge < -0.3 is 0 Å². The Kier molecular flexibility index (Phi) is 5.48. The molecular formula is C18H19N3OS2. The molecule has 6 heteroatoms. The molecule has 0 spiro atoms. The lowest BCUT2D eigenvalue weighted by Crippen LogP contribution is -2.31. The highest BCUT2D eigenvalue weighted by atomic mass is 32.2. The number of aryl methyl sites for hydroxylation is 1. The number of benzene rings is 1. The fourth-order valence-electron chi connectivity index (χ4n) is 2.45. The topological polar surface area (TPSA) is 45.0 Å². The van der Waals surface area contributed by atoms with Crippen LogP contribution in [0.5, 0.6) is 0 Å². The summed E-state index contributed by atoms with van der Waals surface area (Å²) in [5, 5.41) is 11.1. The van der Waals surface area contributed by atoms with Crippen LogP contribution in [0, 0.1) is 6.92 Å². The lowest BCUT2D eigenvalue weighted by atomic mass is 10.1. The highest BCUT2D eigenvalue weighted by Gasteiger charge is 2.37. The van der Waals surface area contributed by atoms with E-state index in [0.29, 0.717) is 11.7 Å². The van der Waals surface area contributed by atoms with Crippen LogP contribution in [0.25, 0.3) is 0 Å². The number of rotatable bonds is 5. The normalized spacial score (nSPS) is 19.8. The molecule has 1 aromatic carbocycles. The number of amidine groups is 1. The van der Waals surface area contributed by atoms with Crippen LogP contribution in [0.15, 0.2) is 52.0 Å². The van der Waals surface area contributed by atoms with Crippen molar-refractivity contribution in [2.45, 2.75) is 32.1 Å². The van der Waals surface area contributed by atoms with Crippen molar-refractivity contribution in [2.75, 3.05) is 0 Å². The zero-order valence-electron chi connectivity index (χ0n) is 13.7. The molecule has 0 unspecified atom stereocenters. The van der Waals surface area contributed by atoms with E-state index in [1.54, 1.807) is 22.5 Å². The number of carbonyl (C=O) groups excluding carboxylic acids is 1. The third-order valence-electron chi connectivity index (χ3n) is 3.85. The third kappa shape index (κ3) is 3.76. The van der Waals surface area contributed by atoms with E-state index in [4.69, 9.17) is 0 Å². The zero-order valence-corrected chi connectivity index (χ0v) is 15.3. The van der Waals surface area contributed by atoms with Gasteiger partial charge in [-0.2, -0.15) is 5.10 Å². The zero-order chi connectivity index (χ0) is 16.9. The first kappa shape index (κ1) is 16.9. The molecule has 2 heterocycles. The predicted molar refractivity (Wildman–Crippen MR) is 103 cm³/mol. The average molecular weight is 358 g/mol. The van der Waals surface area contributed by atoms with E-state index in [2.05, 4.69) is 29.3 Å². The molecule has 4 nitrogen and oxygen atoms in total. The van der Waals surface area contributed by atoms with Crippen LogP contribution in [-0.4, -0.2) is 27.4 Å². The molecule has 1 aromatic heterocycles. The van der Waals surface area contributed by atoms with E-state index in [1.807, 2.05) is 36.6 Å². The first-order valence-corrected chi connectivity index (χ1v) is 9.62. The van der Waals surface area contributed by atoms with Gasteiger partial charge in [-0.1, -0.05) is 49.0 Å². The van der Waals surface area contributed by atoms with Gasteiger partial charge in [-0.25, -0.2) is 0 Å². The Hall–Kier alpha value is -1.92. The second-order valence-corrected chi connectivity index (χ2v) is 7.66. The van der Waals surface area contributed by atoms with E-state index in [-0.39, 0.29) is 11.2 Å². The van der Waals surface area contributed by atoms with Crippen molar-refractivity contribution < 1.29 is 4.79 Å². The molecule has 3 rings (SSSR count). The smallest absolute Gasteiger partial charge is 0.242 e. The van der Waals surface area contributed by atoms with Gasteiger partial charge in [0.25, 0.3) is 0 Å². The standard InChI is InChI=1S/C18H19N3OS2/c1-3-16-17(22)21(12-14-8-5-4-7-13(14)2)18(24-16)20-19-11-15-9-6-10-23-15/h4-11,16H,3,12H2,1-2H3/b19-11-,20-18+/t16-/m0/s1. The maximum Gasteiger partial charge on any atom is 0.242 e. The summed E-state index contributed by atoms with van der Waals surface area (Å²) in [4.78, 5) is 15.4. The second kappa shape index (κ2) is 7.77. The molecule has 0 N–H and O–H groups in total. The molecule has 0 aliphatic carbocycles. The van der Waals surface area contributed by atoms with Gasteiger partial charge in [0.15, 0.2) is 5.17 Å². The number of thioether (sulfide) groups is 1. The fourth-order valence-corrected chi connectivity index (χ4v) is 4.05. The summed E-state index contributed by atoms with van der Waals surface area (Å²) in [6.07, 6.45) is 2.52. The molecule has 1 fully saturated rings. The summed E-state index contributed by atoms with van der Waals surface area (Å²) < 4.78 is 0. The monoisotopic (exact) mass is 357 g/mol. The highest BCUT2D eigenvalue weighted by molar-refractivity contribution is 8.15. The van der Waals surface area contributed by atoms with E-state index < -0.39 is 0 Å². The quantitative estimate of drug-likeness (QED) is 0.591. The van der Waals surface area contributed by atoms with Gasteiger partial charge >= 0.3 is 0 Å². The van der Waals surface area contributed by atoms with Crippen molar-refractivity contribution in [1.29, 1.82) is 0 Å². The van der Waals surface area contributed by atoms with Crippen molar-refractivity contribution in [3.05, 3.63) is 57.8 Å². The SMILES string of the molecule is CC[C@@H]1S/C(=N/N=C\c2cccs2)N(Cc2ccccc2C)C1=O.